The van der Waals surface area contributed by atoms with Crippen molar-refractivity contribution in [3.8, 4) is 0 Å². The molecule has 4 heteroatoms. The van der Waals surface area contributed by atoms with Gasteiger partial charge in [-0.15, -0.1) is 0 Å². The van der Waals surface area contributed by atoms with Crippen LogP contribution >= 0.6 is 15.9 Å². The molecule has 0 heterocycles. The second kappa shape index (κ2) is 5.47. The largest absolute Gasteiger partial charge is 0.450 e. The van der Waals surface area contributed by atoms with Crippen molar-refractivity contribution < 1.29 is 9.53 Å². The molecule has 1 amide bonds. The number of alkyl carbamates (subject to hydrolysis) is 1. The van der Waals surface area contributed by atoms with E-state index in [-0.39, 0.29) is 11.5 Å². The molecular formula is C9H18BrNO2. The fraction of sp³-hybridized carbons (Fsp3) is 0.889. The lowest BCUT2D eigenvalue weighted by Gasteiger charge is -2.25. The van der Waals surface area contributed by atoms with Crippen LogP contribution in [0.15, 0.2) is 0 Å². The molecule has 0 saturated carbocycles. The van der Waals surface area contributed by atoms with Crippen molar-refractivity contribution in [3.05, 3.63) is 0 Å². The van der Waals surface area contributed by atoms with Crippen molar-refractivity contribution in [2.75, 3.05) is 13.7 Å². The standard InChI is InChI=1S/C9H18BrNO2/c1-9(2,3)7(10)5-6-13-8(12)11-4/h7H,5-6H2,1-4H3,(H,11,12). The van der Waals surface area contributed by atoms with Gasteiger partial charge < -0.3 is 10.1 Å². The van der Waals surface area contributed by atoms with E-state index in [0.29, 0.717) is 11.4 Å². The van der Waals surface area contributed by atoms with Gasteiger partial charge in [-0.3, -0.25) is 0 Å². The number of nitrogens with one attached hydrogen (secondary N) is 1. The fourth-order valence-electron chi connectivity index (χ4n) is 0.760. The number of amides is 1. The minimum Gasteiger partial charge on any atom is -0.450 e. The summed E-state index contributed by atoms with van der Waals surface area (Å²) in [4.78, 5) is 11.1. The van der Waals surface area contributed by atoms with Crippen LogP contribution in [-0.4, -0.2) is 24.6 Å². The lowest BCUT2D eigenvalue weighted by Crippen LogP contribution is -2.25. The molecule has 3 nitrogen and oxygen atoms in total. The van der Waals surface area contributed by atoms with Gasteiger partial charge in [0.25, 0.3) is 0 Å². The first-order valence-corrected chi connectivity index (χ1v) is 5.28. The van der Waals surface area contributed by atoms with Crippen molar-refractivity contribution >= 4 is 22.0 Å². The van der Waals surface area contributed by atoms with Gasteiger partial charge in [-0.2, -0.15) is 0 Å². The van der Waals surface area contributed by atoms with E-state index in [4.69, 9.17) is 4.74 Å². The molecule has 1 N–H and O–H groups in total. The third kappa shape index (κ3) is 5.91. The summed E-state index contributed by atoms with van der Waals surface area (Å²) in [6, 6.07) is 0. The van der Waals surface area contributed by atoms with Crippen molar-refractivity contribution in [2.45, 2.75) is 32.0 Å². The second-order valence-electron chi connectivity index (χ2n) is 4.01. The molecule has 1 atom stereocenters. The molecule has 0 aromatic heterocycles. The molecule has 0 aliphatic rings. The summed E-state index contributed by atoms with van der Waals surface area (Å²) >= 11 is 3.56. The maximum atomic E-state index is 10.7. The quantitative estimate of drug-likeness (QED) is 0.784. The SMILES string of the molecule is CNC(=O)OCCC(Br)C(C)(C)C. The third-order valence-electron chi connectivity index (χ3n) is 1.75. The second-order valence-corrected chi connectivity index (χ2v) is 5.11. The van der Waals surface area contributed by atoms with Gasteiger partial charge in [-0.05, 0) is 11.8 Å². The number of ether oxygens (including phenoxy) is 1. The highest BCUT2D eigenvalue weighted by atomic mass is 79.9. The highest BCUT2D eigenvalue weighted by molar-refractivity contribution is 9.09. The molecule has 0 radical (unpaired) electrons. The predicted octanol–water partition coefficient (Wildman–Crippen LogP) is 2.54. The van der Waals surface area contributed by atoms with Crippen LogP contribution < -0.4 is 5.32 Å². The van der Waals surface area contributed by atoms with Gasteiger partial charge in [-0.25, -0.2) is 4.79 Å². The normalized spacial score (nSPS) is 13.6. The summed E-state index contributed by atoms with van der Waals surface area (Å²) in [6.45, 7) is 6.89. The molecule has 1 unspecified atom stereocenters. The van der Waals surface area contributed by atoms with Gasteiger partial charge in [0.1, 0.15) is 0 Å². The average molecular weight is 252 g/mol. The van der Waals surface area contributed by atoms with Gasteiger partial charge >= 0.3 is 6.09 Å². The van der Waals surface area contributed by atoms with Crippen LogP contribution in [-0.2, 0) is 4.74 Å². The summed E-state index contributed by atoms with van der Waals surface area (Å²) in [5, 5.41) is 2.40. The van der Waals surface area contributed by atoms with Crippen LogP contribution in [0, 0.1) is 5.41 Å². The van der Waals surface area contributed by atoms with E-state index in [0.717, 1.165) is 6.42 Å². The van der Waals surface area contributed by atoms with E-state index in [1.165, 1.54) is 0 Å². The third-order valence-corrected chi connectivity index (χ3v) is 3.58. The summed E-state index contributed by atoms with van der Waals surface area (Å²) in [6.07, 6.45) is 0.463. The van der Waals surface area contributed by atoms with Crippen molar-refractivity contribution in [3.63, 3.8) is 0 Å². The van der Waals surface area contributed by atoms with E-state index in [1.54, 1.807) is 7.05 Å². The maximum absolute atomic E-state index is 10.7. The molecule has 13 heavy (non-hydrogen) atoms. The van der Waals surface area contributed by atoms with Crippen LogP contribution in [0.2, 0.25) is 0 Å². The predicted molar refractivity (Wildman–Crippen MR) is 57.2 cm³/mol. The molecule has 78 valence electrons. The maximum Gasteiger partial charge on any atom is 0.406 e. The Morgan fingerprint density at radius 2 is 2.08 bits per heavy atom. The summed E-state index contributed by atoms with van der Waals surface area (Å²) < 4.78 is 4.88. The highest BCUT2D eigenvalue weighted by Crippen LogP contribution is 2.28. The van der Waals surface area contributed by atoms with Crippen LogP contribution in [0.5, 0.6) is 0 Å². The number of carbonyl (C=O) groups is 1. The van der Waals surface area contributed by atoms with Crippen molar-refractivity contribution in [2.24, 2.45) is 5.41 Å². The molecule has 0 bridgehead atoms. The van der Waals surface area contributed by atoms with Gasteiger partial charge in [0.2, 0.25) is 0 Å². The van der Waals surface area contributed by atoms with E-state index >= 15 is 0 Å². The van der Waals surface area contributed by atoms with Crippen LogP contribution in [0.4, 0.5) is 4.79 Å². The number of hydrogen-bond donors (Lipinski definition) is 1. The van der Waals surface area contributed by atoms with Gasteiger partial charge in [-0.1, -0.05) is 36.7 Å². The first-order valence-electron chi connectivity index (χ1n) is 4.36. The zero-order chi connectivity index (χ0) is 10.5. The molecule has 0 spiro atoms. The topological polar surface area (TPSA) is 38.3 Å². The van der Waals surface area contributed by atoms with Crippen LogP contribution in [0.3, 0.4) is 0 Å². The first kappa shape index (κ1) is 12.8. The van der Waals surface area contributed by atoms with E-state index in [2.05, 4.69) is 42.0 Å². The fourth-order valence-corrected chi connectivity index (χ4v) is 0.947. The number of rotatable bonds is 3. The minimum atomic E-state index is -0.367. The molecule has 0 aliphatic heterocycles. The van der Waals surface area contributed by atoms with E-state index in [1.807, 2.05) is 0 Å². The Bertz CT molecular complexity index is 165. The number of hydrogen-bond acceptors (Lipinski definition) is 2. The first-order chi connectivity index (χ1) is 5.88. The molecule has 0 saturated heterocycles. The number of halogens is 1. The highest BCUT2D eigenvalue weighted by Gasteiger charge is 2.21. The van der Waals surface area contributed by atoms with Crippen molar-refractivity contribution in [1.29, 1.82) is 0 Å². The van der Waals surface area contributed by atoms with Gasteiger partial charge in [0.05, 0.1) is 6.61 Å². The van der Waals surface area contributed by atoms with Crippen LogP contribution in [0.1, 0.15) is 27.2 Å². The van der Waals surface area contributed by atoms with E-state index in [9.17, 15) is 4.79 Å². The summed E-state index contributed by atoms with van der Waals surface area (Å²) in [7, 11) is 1.55. The number of alkyl halides is 1. The Labute approximate surface area is 88.4 Å². The van der Waals surface area contributed by atoms with E-state index < -0.39 is 0 Å². The van der Waals surface area contributed by atoms with Crippen LogP contribution in [0.25, 0.3) is 0 Å². The molecule has 0 fully saturated rings. The Hall–Kier alpha value is -0.250. The van der Waals surface area contributed by atoms with Gasteiger partial charge in [0, 0.05) is 11.9 Å². The molecule has 0 aromatic rings. The number of carbonyl (C=O) groups excluding carboxylic acids is 1. The molecule has 0 aromatic carbocycles. The Balaban J connectivity index is 3.60. The Kier molecular flexibility index (Phi) is 5.37. The molecule has 0 aliphatic carbocycles. The lowest BCUT2D eigenvalue weighted by atomic mass is 9.91. The average Bonchev–Trinajstić information content (AvgIpc) is 2.02. The lowest BCUT2D eigenvalue weighted by molar-refractivity contribution is 0.143. The molecule has 0 rings (SSSR count). The Morgan fingerprint density at radius 3 is 2.46 bits per heavy atom. The molecular weight excluding hydrogens is 234 g/mol. The zero-order valence-corrected chi connectivity index (χ0v) is 10.3. The smallest absolute Gasteiger partial charge is 0.406 e. The minimum absolute atomic E-state index is 0.200. The van der Waals surface area contributed by atoms with Crippen molar-refractivity contribution in [1.82, 2.24) is 5.32 Å². The summed E-state index contributed by atoms with van der Waals surface area (Å²) in [5.74, 6) is 0. The monoisotopic (exact) mass is 251 g/mol. The van der Waals surface area contributed by atoms with Gasteiger partial charge in [0.15, 0.2) is 0 Å². The summed E-state index contributed by atoms with van der Waals surface area (Å²) in [5.41, 5.74) is 0.200. The zero-order valence-electron chi connectivity index (χ0n) is 8.69. The Morgan fingerprint density at radius 1 is 1.54 bits per heavy atom.